The lowest BCUT2D eigenvalue weighted by Crippen LogP contribution is -2.68. The van der Waals surface area contributed by atoms with E-state index in [4.69, 9.17) is 86.9 Å². The van der Waals surface area contributed by atoms with Crippen molar-refractivity contribution in [2.45, 2.75) is 131 Å². The second-order valence-electron chi connectivity index (χ2n) is 20.5. The molecular weight excluding hydrogens is 1160 g/mol. The Balaban J connectivity index is 1.10. The van der Waals surface area contributed by atoms with Crippen molar-refractivity contribution < 1.29 is 71.6 Å². The Hall–Kier alpha value is -6.16. The smallest absolute Gasteiger partial charge is 0.410 e. The minimum Gasteiger partial charge on any atom is -0.463 e. The third kappa shape index (κ3) is 21.6. The lowest BCUT2D eigenvalue weighted by Gasteiger charge is -2.49. The van der Waals surface area contributed by atoms with E-state index < -0.39 is 89.9 Å². The summed E-state index contributed by atoms with van der Waals surface area (Å²) < 4.78 is 68.9. The van der Waals surface area contributed by atoms with Gasteiger partial charge < -0.3 is 67.4 Å². The summed E-state index contributed by atoms with van der Waals surface area (Å²) in [6, 6.07) is 55.7. The van der Waals surface area contributed by atoms with Crippen LogP contribution in [0.15, 0.2) is 182 Å². The number of ether oxygens (including phenoxy) is 11. The van der Waals surface area contributed by atoms with Gasteiger partial charge in [-0.3, -0.25) is 4.79 Å². The van der Waals surface area contributed by atoms with E-state index in [9.17, 15) is 19.5 Å². The van der Waals surface area contributed by atoms with Gasteiger partial charge in [0.2, 0.25) is 3.79 Å². The van der Waals surface area contributed by atoms with Crippen molar-refractivity contribution in [3.05, 3.63) is 215 Å². The highest BCUT2D eigenvalue weighted by molar-refractivity contribution is 6.67. The van der Waals surface area contributed by atoms with E-state index in [2.05, 4.69) is 5.32 Å². The van der Waals surface area contributed by atoms with Crippen molar-refractivity contribution >= 4 is 53.0 Å². The van der Waals surface area contributed by atoms with Gasteiger partial charge in [0.05, 0.1) is 33.0 Å². The van der Waals surface area contributed by atoms with Gasteiger partial charge in [0.1, 0.15) is 68.6 Å². The zero-order valence-electron chi connectivity index (χ0n) is 47.2. The molecule has 6 aromatic rings. The molecule has 0 saturated carbocycles. The maximum Gasteiger partial charge on any atom is 0.410 e. The largest absolute Gasteiger partial charge is 0.463 e. The maximum absolute atomic E-state index is 13.8. The van der Waals surface area contributed by atoms with Crippen LogP contribution in [0.5, 0.6) is 0 Å². The molecule has 2 saturated heterocycles. The lowest BCUT2D eigenvalue weighted by atomic mass is 9.95. The van der Waals surface area contributed by atoms with Gasteiger partial charge in [-0.05, 0) is 52.6 Å². The van der Waals surface area contributed by atoms with Crippen molar-refractivity contribution in [1.82, 2.24) is 10.2 Å². The summed E-state index contributed by atoms with van der Waals surface area (Å²) in [5.74, 6) is -0.620. The molecule has 454 valence electrons. The average Bonchev–Trinajstić information content (AvgIpc) is 3.71. The number of amides is 2. The van der Waals surface area contributed by atoms with E-state index in [0.717, 1.165) is 33.4 Å². The highest BCUT2D eigenvalue weighted by atomic mass is 35.6. The summed E-state index contributed by atoms with van der Waals surface area (Å²) in [7, 11) is 0. The predicted molar refractivity (Wildman–Crippen MR) is 318 cm³/mol. The van der Waals surface area contributed by atoms with Crippen LogP contribution in [0.25, 0.3) is 0 Å². The van der Waals surface area contributed by atoms with Crippen LogP contribution in [0, 0.1) is 0 Å². The quantitative estimate of drug-likeness (QED) is 0.0187. The fourth-order valence-electron chi connectivity index (χ4n) is 9.69. The number of nitrogens with one attached hydrogen (secondary N) is 1. The van der Waals surface area contributed by atoms with Gasteiger partial charge in [-0.25, -0.2) is 9.59 Å². The molecule has 0 radical (unpaired) electrons. The first-order chi connectivity index (χ1) is 41.3. The molecule has 2 aliphatic rings. The molecule has 8 rings (SSSR count). The zero-order chi connectivity index (χ0) is 59.6. The van der Waals surface area contributed by atoms with Crippen LogP contribution < -0.4 is 5.32 Å². The minimum absolute atomic E-state index is 0.000134. The van der Waals surface area contributed by atoms with Gasteiger partial charge in [0.25, 0.3) is 0 Å². The van der Waals surface area contributed by atoms with Crippen LogP contribution >= 0.6 is 34.8 Å². The summed E-state index contributed by atoms with van der Waals surface area (Å²) in [5.41, 5.74) is 5.18. The molecule has 2 amide bonds. The van der Waals surface area contributed by atoms with Crippen LogP contribution in [0.4, 0.5) is 9.59 Å². The Kier molecular flexibility index (Phi) is 26.1. The topological polar surface area (TPSA) is 188 Å². The van der Waals surface area contributed by atoms with Crippen LogP contribution in [0.3, 0.4) is 0 Å². The van der Waals surface area contributed by atoms with Crippen LogP contribution in [0.2, 0.25) is 0 Å². The first-order valence-corrected chi connectivity index (χ1v) is 29.5. The van der Waals surface area contributed by atoms with E-state index >= 15 is 0 Å². The Bertz CT molecular complexity index is 2870. The van der Waals surface area contributed by atoms with Crippen LogP contribution in [-0.2, 0) is 96.5 Å². The number of rotatable bonds is 30. The normalized spacial score (nSPS) is 22.2. The number of aliphatic hydroxyl groups is 1. The fourth-order valence-corrected chi connectivity index (χ4v) is 9.85. The highest BCUT2D eigenvalue weighted by Gasteiger charge is 2.54. The highest BCUT2D eigenvalue weighted by Crippen LogP contribution is 2.36. The molecule has 2 fully saturated rings. The van der Waals surface area contributed by atoms with Crippen LogP contribution in [0.1, 0.15) is 59.6 Å². The van der Waals surface area contributed by atoms with Crippen molar-refractivity contribution in [3.8, 4) is 0 Å². The maximum atomic E-state index is 13.8. The number of alkyl carbamates (subject to hydrolysis) is 1. The number of halogens is 3. The number of aliphatic hydroxyl groups excluding tert-OH is 1. The summed E-state index contributed by atoms with van der Waals surface area (Å²) >= 11 is 18.0. The summed E-state index contributed by atoms with van der Waals surface area (Å²) in [6.45, 7) is 1.63. The Morgan fingerprint density at radius 2 is 0.988 bits per heavy atom. The Morgan fingerprint density at radius 3 is 1.52 bits per heavy atom. The molecule has 85 heavy (non-hydrogen) atoms. The molecule has 20 heteroatoms. The molecule has 17 nitrogen and oxygen atoms in total. The second-order valence-corrected chi connectivity index (χ2v) is 23.0. The molecule has 0 aliphatic carbocycles. The molecule has 0 bridgehead atoms. The third-order valence-electron chi connectivity index (χ3n) is 13.9. The number of unbranched alkanes of at least 4 members (excludes halogenated alkanes) is 2. The SMILES string of the molecule is CC(=O)OC[C@H]1O[C@@H](O[C@@H]2[C@@H](OCc3ccccc3)[C@H](OCCCCCN(Cc3ccccc3)C(=O)OCc3ccccc3)O[C@H](COCc3ccccc3)[C@H]2OCc2ccccc2)[C@H](NC(=O)OCC(Cl)(Cl)Cl)[C@@H](O)[C@H]1OCc1ccccc1. The molecule has 10 atom stereocenters. The van der Waals surface area contributed by atoms with Gasteiger partial charge in [-0.15, -0.1) is 0 Å². The van der Waals surface area contributed by atoms with Gasteiger partial charge >= 0.3 is 18.2 Å². The number of nitrogens with zero attached hydrogens (tertiary/aromatic N) is 1. The lowest BCUT2D eigenvalue weighted by molar-refractivity contribution is -0.361. The molecular formula is C65H73Cl3N2O15. The molecule has 0 aromatic heterocycles. The number of hydrogen-bond acceptors (Lipinski definition) is 15. The number of alkyl halides is 3. The van der Waals surface area contributed by atoms with Crippen LogP contribution in [-0.4, -0.2) is 126 Å². The van der Waals surface area contributed by atoms with Crippen molar-refractivity contribution in [2.24, 2.45) is 0 Å². The standard InChI is InChI=1S/C65H73Cl3N2O15/c1-46(71)77-44-54-57(78-39-49-27-13-4-14-28-49)56(72)55(69-63(73)82-45-65(66,67)68)61(83-54)85-59-58(79-40-50-29-15-5-16-30-50)53(43-75-38-48-25-11-3-12-26-48)84-62(60(59)80-41-51-31-17-6-18-32-51)76-36-22-8-21-35-70(37-47-23-9-2-10-24-47)64(74)81-42-52-33-19-7-20-34-52/h2-7,9-20,23-34,53-62,72H,8,21-22,35-45H2,1H3,(H,69,73)/t53-,54-,55-,56-,57+,58-,59+,60-,61+,62-/m1/s1. The number of carbonyl (C=O) groups excluding carboxylic acids is 3. The van der Waals surface area contributed by atoms with E-state index in [0.29, 0.717) is 32.4 Å². The first-order valence-electron chi connectivity index (χ1n) is 28.3. The molecule has 2 aliphatic heterocycles. The summed E-state index contributed by atoms with van der Waals surface area (Å²) in [4.78, 5) is 41.5. The molecule has 0 unspecified atom stereocenters. The van der Waals surface area contributed by atoms with Gasteiger partial charge in [0, 0.05) is 26.6 Å². The van der Waals surface area contributed by atoms with Gasteiger partial charge in [-0.2, -0.15) is 0 Å². The number of carbonyl (C=O) groups is 3. The molecule has 6 aromatic carbocycles. The minimum atomic E-state index is -1.98. The van der Waals surface area contributed by atoms with Crippen molar-refractivity contribution in [2.75, 3.05) is 33.0 Å². The van der Waals surface area contributed by atoms with Gasteiger partial charge in [0.15, 0.2) is 12.6 Å². The predicted octanol–water partition coefficient (Wildman–Crippen LogP) is 11.2. The van der Waals surface area contributed by atoms with Gasteiger partial charge in [-0.1, -0.05) is 217 Å². The van der Waals surface area contributed by atoms with E-state index in [1.54, 1.807) is 4.90 Å². The Labute approximate surface area is 511 Å². The van der Waals surface area contributed by atoms with E-state index in [1.165, 1.54) is 6.92 Å². The molecule has 0 spiro atoms. The number of benzene rings is 6. The molecule has 2 N–H and O–H groups in total. The third-order valence-corrected chi connectivity index (χ3v) is 14.3. The fraction of sp³-hybridized carbons (Fsp3) is 0.400. The van der Waals surface area contributed by atoms with Crippen molar-refractivity contribution in [3.63, 3.8) is 0 Å². The molecule has 2 heterocycles. The van der Waals surface area contributed by atoms with Crippen molar-refractivity contribution in [1.29, 1.82) is 0 Å². The van der Waals surface area contributed by atoms with E-state index in [-0.39, 0.29) is 52.9 Å². The average molecular weight is 1230 g/mol. The number of hydrogen-bond donors (Lipinski definition) is 2. The number of esters is 1. The summed E-state index contributed by atoms with van der Waals surface area (Å²) in [5, 5.41) is 15.2. The van der Waals surface area contributed by atoms with E-state index in [1.807, 2.05) is 182 Å². The summed E-state index contributed by atoms with van der Waals surface area (Å²) in [6.07, 6.45) is -10.8. The zero-order valence-corrected chi connectivity index (χ0v) is 49.5. The first kappa shape index (κ1) is 64.8. The Morgan fingerprint density at radius 1 is 0.518 bits per heavy atom. The second kappa shape index (κ2) is 34.2. The monoisotopic (exact) mass is 1230 g/mol.